The lowest BCUT2D eigenvalue weighted by molar-refractivity contribution is -0.00289. The molecule has 6 heteroatoms. The minimum Gasteiger partial charge on any atom is -0.375 e. The van der Waals surface area contributed by atoms with Crippen LogP contribution in [0, 0.1) is 5.92 Å². The van der Waals surface area contributed by atoms with E-state index >= 15 is 0 Å². The molecule has 2 rings (SSSR count). The van der Waals surface area contributed by atoms with Gasteiger partial charge in [-0.05, 0) is 38.3 Å². The number of hydrogen-bond acceptors (Lipinski definition) is 4. The van der Waals surface area contributed by atoms with E-state index in [1.165, 1.54) is 0 Å². The van der Waals surface area contributed by atoms with Gasteiger partial charge in [0.2, 0.25) is 10.0 Å². The first-order valence-electron chi connectivity index (χ1n) is 6.92. The molecule has 106 valence electrons. The lowest BCUT2D eigenvalue weighted by Gasteiger charge is -2.33. The summed E-state index contributed by atoms with van der Waals surface area (Å²) in [5.41, 5.74) is 0. The highest BCUT2D eigenvalue weighted by Gasteiger charge is 2.31. The monoisotopic (exact) mass is 276 g/mol. The maximum atomic E-state index is 12.4. The first kappa shape index (κ1) is 14.2. The molecule has 1 atom stereocenters. The van der Waals surface area contributed by atoms with E-state index in [9.17, 15) is 8.42 Å². The van der Waals surface area contributed by atoms with Crippen molar-refractivity contribution in [3.05, 3.63) is 0 Å². The second kappa shape index (κ2) is 6.32. The van der Waals surface area contributed by atoms with E-state index in [2.05, 4.69) is 5.32 Å². The highest BCUT2D eigenvalue weighted by molar-refractivity contribution is 7.89. The van der Waals surface area contributed by atoms with Gasteiger partial charge in [0, 0.05) is 13.1 Å². The molecule has 0 aromatic carbocycles. The van der Waals surface area contributed by atoms with E-state index in [0.717, 1.165) is 32.4 Å². The Labute approximate surface area is 110 Å². The van der Waals surface area contributed by atoms with Crippen LogP contribution in [0.2, 0.25) is 0 Å². The summed E-state index contributed by atoms with van der Waals surface area (Å²) in [7, 11) is -3.10. The van der Waals surface area contributed by atoms with Gasteiger partial charge in [-0.25, -0.2) is 8.42 Å². The normalized spacial score (nSPS) is 28.4. The van der Waals surface area contributed by atoms with Gasteiger partial charge in [-0.15, -0.1) is 0 Å². The van der Waals surface area contributed by atoms with Crippen molar-refractivity contribution in [2.75, 3.05) is 38.5 Å². The minimum absolute atomic E-state index is 0.0709. The topological polar surface area (TPSA) is 58.6 Å². The van der Waals surface area contributed by atoms with Crippen LogP contribution in [0.25, 0.3) is 0 Å². The molecule has 0 amide bonds. The van der Waals surface area contributed by atoms with E-state index in [1.807, 2.05) is 6.92 Å². The van der Waals surface area contributed by atoms with Crippen molar-refractivity contribution in [1.29, 1.82) is 0 Å². The Morgan fingerprint density at radius 1 is 1.33 bits per heavy atom. The van der Waals surface area contributed by atoms with Crippen molar-refractivity contribution in [2.45, 2.75) is 32.3 Å². The minimum atomic E-state index is -3.10. The summed E-state index contributed by atoms with van der Waals surface area (Å²) < 4.78 is 31.9. The third kappa shape index (κ3) is 3.66. The molecule has 2 aliphatic heterocycles. The molecular formula is C12H24N2O3S. The molecule has 2 saturated heterocycles. The van der Waals surface area contributed by atoms with Crippen LogP contribution in [0.4, 0.5) is 0 Å². The average Bonchev–Trinajstić information content (AvgIpc) is 2.39. The van der Waals surface area contributed by atoms with E-state index in [0.29, 0.717) is 31.4 Å². The van der Waals surface area contributed by atoms with Crippen LogP contribution >= 0.6 is 0 Å². The first-order valence-corrected chi connectivity index (χ1v) is 8.53. The van der Waals surface area contributed by atoms with Crippen molar-refractivity contribution >= 4 is 10.0 Å². The van der Waals surface area contributed by atoms with Crippen molar-refractivity contribution in [1.82, 2.24) is 9.62 Å². The van der Waals surface area contributed by atoms with Gasteiger partial charge < -0.3 is 10.1 Å². The van der Waals surface area contributed by atoms with Gasteiger partial charge in [-0.2, -0.15) is 4.31 Å². The fourth-order valence-electron chi connectivity index (χ4n) is 2.64. The van der Waals surface area contributed by atoms with Crippen LogP contribution in [0.5, 0.6) is 0 Å². The molecule has 1 N–H and O–H groups in total. The Hall–Kier alpha value is -0.170. The molecule has 2 heterocycles. The number of nitrogens with one attached hydrogen (secondary N) is 1. The number of piperidine rings is 1. The number of hydrogen-bond donors (Lipinski definition) is 1. The van der Waals surface area contributed by atoms with Gasteiger partial charge in [-0.3, -0.25) is 0 Å². The first-order chi connectivity index (χ1) is 8.62. The average molecular weight is 276 g/mol. The zero-order chi connectivity index (χ0) is 13.0. The fraction of sp³-hybridized carbons (Fsp3) is 1.00. The molecule has 5 nitrogen and oxygen atoms in total. The van der Waals surface area contributed by atoms with Crippen LogP contribution in [0.15, 0.2) is 0 Å². The molecule has 2 fully saturated rings. The van der Waals surface area contributed by atoms with E-state index < -0.39 is 10.0 Å². The van der Waals surface area contributed by atoms with E-state index in [1.54, 1.807) is 4.31 Å². The summed E-state index contributed by atoms with van der Waals surface area (Å²) in [6.45, 7) is 5.51. The predicted octanol–water partition coefficient (Wildman–Crippen LogP) is 0.427. The van der Waals surface area contributed by atoms with Crippen LogP contribution in [-0.4, -0.2) is 57.4 Å². The Bertz CT molecular complexity index is 352. The highest BCUT2D eigenvalue weighted by atomic mass is 32.2. The molecule has 0 bridgehead atoms. The Kier molecular flexibility index (Phi) is 5.00. The standard InChI is InChI=1S/C12H24N2O3S/c1-2-12-9-14(7-8-17-12)18(15,16)10-11-3-5-13-6-4-11/h11-13H,2-10H2,1H3. The molecule has 2 aliphatic rings. The molecule has 0 aromatic heterocycles. The van der Waals surface area contributed by atoms with Crippen LogP contribution in [-0.2, 0) is 14.8 Å². The molecular weight excluding hydrogens is 252 g/mol. The van der Waals surface area contributed by atoms with Gasteiger partial charge >= 0.3 is 0 Å². The van der Waals surface area contributed by atoms with Crippen LogP contribution < -0.4 is 5.32 Å². The van der Waals surface area contributed by atoms with Gasteiger partial charge in [0.15, 0.2) is 0 Å². The van der Waals surface area contributed by atoms with Gasteiger partial charge in [0.1, 0.15) is 0 Å². The van der Waals surface area contributed by atoms with Gasteiger partial charge in [0.25, 0.3) is 0 Å². The zero-order valence-electron chi connectivity index (χ0n) is 11.1. The second-order valence-corrected chi connectivity index (χ2v) is 7.24. The highest BCUT2D eigenvalue weighted by Crippen LogP contribution is 2.19. The maximum Gasteiger partial charge on any atom is 0.214 e. The molecule has 0 spiro atoms. The summed E-state index contributed by atoms with van der Waals surface area (Å²) in [5, 5.41) is 3.27. The zero-order valence-corrected chi connectivity index (χ0v) is 11.9. The molecule has 0 aliphatic carbocycles. The summed E-state index contributed by atoms with van der Waals surface area (Å²) in [6.07, 6.45) is 2.89. The van der Waals surface area contributed by atoms with Crippen molar-refractivity contribution in [2.24, 2.45) is 5.92 Å². The fourth-order valence-corrected chi connectivity index (χ4v) is 4.53. The maximum absolute atomic E-state index is 12.4. The van der Waals surface area contributed by atoms with Crippen molar-refractivity contribution in [3.63, 3.8) is 0 Å². The number of rotatable bonds is 4. The van der Waals surface area contributed by atoms with Crippen LogP contribution in [0.1, 0.15) is 26.2 Å². The molecule has 0 radical (unpaired) electrons. The Morgan fingerprint density at radius 2 is 2.06 bits per heavy atom. The van der Waals surface area contributed by atoms with E-state index in [4.69, 9.17) is 4.74 Å². The molecule has 1 unspecified atom stereocenters. The van der Waals surface area contributed by atoms with Crippen molar-refractivity contribution < 1.29 is 13.2 Å². The smallest absolute Gasteiger partial charge is 0.214 e. The van der Waals surface area contributed by atoms with Gasteiger partial charge in [-0.1, -0.05) is 6.92 Å². The molecule has 0 aromatic rings. The lowest BCUT2D eigenvalue weighted by atomic mass is 10.0. The summed E-state index contributed by atoms with van der Waals surface area (Å²) in [6, 6.07) is 0. The lowest BCUT2D eigenvalue weighted by Crippen LogP contribution is -2.47. The third-order valence-electron chi connectivity index (χ3n) is 3.86. The number of morpholine rings is 1. The quantitative estimate of drug-likeness (QED) is 0.809. The van der Waals surface area contributed by atoms with Gasteiger partial charge in [0.05, 0.1) is 18.5 Å². The third-order valence-corrected chi connectivity index (χ3v) is 5.87. The molecule has 18 heavy (non-hydrogen) atoms. The van der Waals surface area contributed by atoms with Crippen molar-refractivity contribution in [3.8, 4) is 0 Å². The largest absolute Gasteiger partial charge is 0.375 e. The number of sulfonamides is 1. The summed E-state index contributed by atoms with van der Waals surface area (Å²) >= 11 is 0. The predicted molar refractivity (Wildman–Crippen MR) is 71.0 cm³/mol. The summed E-state index contributed by atoms with van der Waals surface area (Å²) in [5.74, 6) is 0.629. The van der Waals surface area contributed by atoms with Crippen LogP contribution in [0.3, 0.4) is 0 Å². The second-order valence-electron chi connectivity index (χ2n) is 5.23. The Balaban J connectivity index is 1.92. The number of nitrogens with zero attached hydrogens (tertiary/aromatic N) is 1. The number of ether oxygens (including phenoxy) is 1. The van der Waals surface area contributed by atoms with E-state index in [-0.39, 0.29) is 6.10 Å². The SMILES string of the molecule is CCC1CN(S(=O)(=O)CC2CCNCC2)CCO1. The Morgan fingerprint density at radius 3 is 2.72 bits per heavy atom. The summed E-state index contributed by atoms with van der Waals surface area (Å²) in [4.78, 5) is 0. The molecule has 0 saturated carbocycles.